The molecule has 1 aliphatic heterocycles. The summed E-state index contributed by atoms with van der Waals surface area (Å²) in [6, 6.07) is 20.6. The van der Waals surface area contributed by atoms with Crippen molar-refractivity contribution in [3.63, 3.8) is 0 Å². The third-order valence-corrected chi connectivity index (χ3v) is 5.82. The Bertz CT molecular complexity index is 1210. The normalized spacial score (nSPS) is 16.2. The number of aromatic nitrogens is 2. The van der Waals surface area contributed by atoms with Crippen molar-refractivity contribution in [2.45, 2.75) is 10.4 Å². The molecule has 120 valence electrons. The molecule has 3 heterocycles. The van der Waals surface area contributed by atoms with Gasteiger partial charge in [0.05, 0.1) is 5.52 Å². The lowest BCUT2D eigenvalue weighted by molar-refractivity contribution is 0.992. The SMILES string of the molecule is S=c1[nH]c2ccccc2cc1C1N=Cc2cc3ccccc3nc2S1. The number of hydrogen-bond donors (Lipinski definition) is 1. The Morgan fingerprint density at radius 3 is 2.68 bits per heavy atom. The number of H-pyrrole nitrogens is 1. The van der Waals surface area contributed by atoms with E-state index in [9.17, 15) is 0 Å². The zero-order chi connectivity index (χ0) is 16.8. The number of nitrogens with zero attached hydrogens (tertiary/aromatic N) is 2. The number of aliphatic imine (C=N–C) groups is 1. The van der Waals surface area contributed by atoms with Crippen molar-refractivity contribution in [3.05, 3.63) is 76.4 Å². The molecule has 1 aliphatic rings. The molecule has 5 heteroatoms. The van der Waals surface area contributed by atoms with Crippen LogP contribution in [0.1, 0.15) is 16.5 Å². The molecule has 0 radical (unpaired) electrons. The van der Waals surface area contributed by atoms with E-state index in [-0.39, 0.29) is 5.37 Å². The number of pyridine rings is 2. The van der Waals surface area contributed by atoms with Gasteiger partial charge in [0.25, 0.3) is 0 Å². The van der Waals surface area contributed by atoms with Gasteiger partial charge in [0.1, 0.15) is 15.0 Å². The molecule has 0 bridgehead atoms. The molecule has 0 spiro atoms. The van der Waals surface area contributed by atoms with E-state index in [0.29, 0.717) is 0 Å². The number of nitrogens with one attached hydrogen (secondary N) is 1. The number of aromatic amines is 1. The third kappa shape index (κ3) is 2.56. The van der Waals surface area contributed by atoms with Crippen molar-refractivity contribution < 1.29 is 0 Å². The smallest absolute Gasteiger partial charge is 0.129 e. The molecule has 1 atom stereocenters. The van der Waals surface area contributed by atoms with Gasteiger partial charge in [0, 0.05) is 28.2 Å². The van der Waals surface area contributed by atoms with Crippen molar-refractivity contribution in [3.8, 4) is 0 Å². The topological polar surface area (TPSA) is 41.0 Å². The van der Waals surface area contributed by atoms with Crippen molar-refractivity contribution in [1.29, 1.82) is 0 Å². The van der Waals surface area contributed by atoms with Crippen LogP contribution in [-0.2, 0) is 0 Å². The lowest BCUT2D eigenvalue weighted by Crippen LogP contribution is -2.03. The average Bonchev–Trinajstić information content (AvgIpc) is 2.65. The number of benzene rings is 2. The molecule has 2 aromatic heterocycles. The molecule has 0 fully saturated rings. The van der Waals surface area contributed by atoms with E-state index in [2.05, 4.69) is 29.2 Å². The number of fused-ring (bicyclic) bond motifs is 3. The van der Waals surface area contributed by atoms with Gasteiger partial charge in [-0.15, -0.1) is 0 Å². The molecule has 0 saturated heterocycles. The summed E-state index contributed by atoms with van der Waals surface area (Å²) < 4.78 is 0.734. The molecule has 0 saturated carbocycles. The van der Waals surface area contributed by atoms with Gasteiger partial charge in [-0.25, -0.2) is 4.98 Å². The molecule has 0 aliphatic carbocycles. The van der Waals surface area contributed by atoms with E-state index in [4.69, 9.17) is 22.2 Å². The molecule has 5 rings (SSSR count). The van der Waals surface area contributed by atoms with E-state index >= 15 is 0 Å². The largest absolute Gasteiger partial charge is 0.346 e. The van der Waals surface area contributed by atoms with Crippen LogP contribution in [-0.4, -0.2) is 16.2 Å². The molecule has 1 unspecified atom stereocenters. The molecule has 3 nitrogen and oxygen atoms in total. The fourth-order valence-electron chi connectivity index (χ4n) is 3.08. The van der Waals surface area contributed by atoms with Crippen LogP contribution >= 0.6 is 24.0 Å². The standard InChI is InChI=1S/C20H13N3S2/c24-18-15(10-13-6-2-3-7-16(13)22-18)20-21-11-14-9-12-5-1-4-8-17(12)23-19(14)25-20/h1-11,20H,(H,22,24). The molecule has 0 amide bonds. The summed E-state index contributed by atoms with van der Waals surface area (Å²) in [5.41, 5.74) is 4.14. The minimum Gasteiger partial charge on any atom is -0.346 e. The zero-order valence-electron chi connectivity index (χ0n) is 13.1. The van der Waals surface area contributed by atoms with Gasteiger partial charge in [0.15, 0.2) is 0 Å². The van der Waals surface area contributed by atoms with Gasteiger partial charge in [-0.2, -0.15) is 0 Å². The van der Waals surface area contributed by atoms with Gasteiger partial charge >= 0.3 is 0 Å². The second-order valence-electron chi connectivity index (χ2n) is 5.96. The summed E-state index contributed by atoms with van der Waals surface area (Å²) in [6.45, 7) is 0. The maximum absolute atomic E-state index is 5.57. The first-order valence-corrected chi connectivity index (χ1v) is 9.28. The third-order valence-electron chi connectivity index (χ3n) is 4.34. The minimum absolute atomic E-state index is 0.0745. The van der Waals surface area contributed by atoms with Gasteiger partial charge in [-0.05, 0) is 29.7 Å². The van der Waals surface area contributed by atoms with Crippen LogP contribution < -0.4 is 0 Å². The van der Waals surface area contributed by atoms with Gasteiger partial charge < -0.3 is 4.98 Å². The summed E-state index contributed by atoms with van der Waals surface area (Å²) in [5, 5.41) is 3.20. The average molecular weight is 359 g/mol. The van der Waals surface area contributed by atoms with Crippen molar-refractivity contribution in [2.24, 2.45) is 4.99 Å². The monoisotopic (exact) mass is 359 g/mol. The van der Waals surface area contributed by atoms with Crippen LogP contribution in [0.25, 0.3) is 21.8 Å². The fraction of sp³-hybridized carbons (Fsp3) is 0.0500. The highest BCUT2D eigenvalue weighted by molar-refractivity contribution is 7.99. The van der Waals surface area contributed by atoms with Crippen LogP contribution in [0.3, 0.4) is 0 Å². The van der Waals surface area contributed by atoms with Gasteiger partial charge in [-0.3, -0.25) is 4.99 Å². The number of rotatable bonds is 1. The first-order valence-electron chi connectivity index (χ1n) is 7.99. The van der Waals surface area contributed by atoms with E-state index in [0.717, 1.165) is 42.6 Å². The molecular formula is C20H13N3S2. The Morgan fingerprint density at radius 2 is 1.76 bits per heavy atom. The maximum Gasteiger partial charge on any atom is 0.129 e. The summed E-state index contributed by atoms with van der Waals surface area (Å²) >= 11 is 7.22. The molecular weight excluding hydrogens is 346 g/mol. The summed E-state index contributed by atoms with van der Waals surface area (Å²) in [6.07, 6.45) is 1.92. The predicted octanol–water partition coefficient (Wildman–Crippen LogP) is 5.67. The second-order valence-corrected chi connectivity index (χ2v) is 7.44. The van der Waals surface area contributed by atoms with Crippen molar-refractivity contribution in [1.82, 2.24) is 9.97 Å². The van der Waals surface area contributed by atoms with Crippen LogP contribution in [0.2, 0.25) is 0 Å². The Balaban J connectivity index is 1.61. The fourth-order valence-corrected chi connectivity index (χ4v) is 4.48. The Hall–Kier alpha value is -2.50. The van der Waals surface area contributed by atoms with Crippen LogP contribution in [0, 0.1) is 4.64 Å². The summed E-state index contributed by atoms with van der Waals surface area (Å²) in [4.78, 5) is 12.9. The maximum atomic E-state index is 5.57. The number of thioether (sulfide) groups is 1. The van der Waals surface area contributed by atoms with E-state index < -0.39 is 0 Å². The molecule has 1 N–H and O–H groups in total. The number of para-hydroxylation sites is 2. The Morgan fingerprint density at radius 1 is 0.960 bits per heavy atom. The Labute approximate surface area is 153 Å². The van der Waals surface area contributed by atoms with E-state index in [1.165, 1.54) is 0 Å². The van der Waals surface area contributed by atoms with Crippen molar-refractivity contribution in [2.75, 3.05) is 0 Å². The predicted molar refractivity (Wildman–Crippen MR) is 107 cm³/mol. The highest BCUT2D eigenvalue weighted by Crippen LogP contribution is 2.41. The van der Waals surface area contributed by atoms with Crippen molar-refractivity contribution >= 4 is 52.0 Å². The zero-order valence-corrected chi connectivity index (χ0v) is 14.8. The van der Waals surface area contributed by atoms with E-state index in [1.807, 2.05) is 42.6 Å². The van der Waals surface area contributed by atoms with Gasteiger partial charge in [-0.1, -0.05) is 60.4 Å². The summed E-state index contributed by atoms with van der Waals surface area (Å²) in [5.74, 6) is 0. The van der Waals surface area contributed by atoms with Crippen LogP contribution in [0.15, 0.2) is 70.7 Å². The second kappa shape index (κ2) is 5.79. The van der Waals surface area contributed by atoms with Gasteiger partial charge in [0.2, 0.25) is 0 Å². The lowest BCUT2D eigenvalue weighted by atomic mass is 10.1. The molecule has 25 heavy (non-hydrogen) atoms. The summed E-state index contributed by atoms with van der Waals surface area (Å²) in [7, 11) is 0. The minimum atomic E-state index is -0.0745. The lowest BCUT2D eigenvalue weighted by Gasteiger charge is -2.19. The van der Waals surface area contributed by atoms with E-state index in [1.54, 1.807) is 11.8 Å². The first kappa shape index (κ1) is 14.8. The highest BCUT2D eigenvalue weighted by Gasteiger charge is 2.21. The van der Waals surface area contributed by atoms with Crippen LogP contribution in [0.5, 0.6) is 0 Å². The first-order chi connectivity index (χ1) is 12.3. The quantitative estimate of drug-likeness (QED) is 0.445. The highest BCUT2D eigenvalue weighted by atomic mass is 32.2. The Kier molecular flexibility index (Phi) is 3.43. The van der Waals surface area contributed by atoms with Crippen LogP contribution in [0.4, 0.5) is 0 Å². The molecule has 2 aromatic carbocycles. The molecule has 4 aromatic rings. The number of hydrogen-bond acceptors (Lipinski definition) is 4.